The van der Waals surface area contributed by atoms with E-state index >= 15 is 0 Å². The van der Waals surface area contributed by atoms with Gasteiger partial charge in [0.25, 0.3) is 0 Å². The van der Waals surface area contributed by atoms with Gasteiger partial charge in [-0.25, -0.2) is 0 Å². The maximum atomic E-state index is 10.9. The summed E-state index contributed by atoms with van der Waals surface area (Å²) in [7, 11) is 1.39. The third-order valence-corrected chi connectivity index (χ3v) is 2.49. The van der Waals surface area contributed by atoms with Gasteiger partial charge in [0, 0.05) is 11.4 Å². The maximum absolute atomic E-state index is 10.9. The fourth-order valence-electron chi connectivity index (χ4n) is 1.14. The van der Waals surface area contributed by atoms with Crippen LogP contribution in [0.3, 0.4) is 0 Å². The largest absolute Gasteiger partial charge is 0.469 e. The Kier molecular flexibility index (Phi) is 3.96. The highest BCUT2D eigenvalue weighted by Gasteiger charge is 2.02. The maximum Gasteiger partial charge on any atom is 0.305 e. The quantitative estimate of drug-likeness (QED) is 0.721. The fourth-order valence-corrected chi connectivity index (χ4v) is 1.34. The molecule has 0 aliphatic rings. The first-order valence-electron chi connectivity index (χ1n) is 4.45. The van der Waals surface area contributed by atoms with Crippen LogP contribution in [0.2, 0.25) is 5.02 Å². The summed E-state index contributed by atoms with van der Waals surface area (Å²) in [5.74, 6) is -0.193. The Bertz CT molecular complexity index is 334. The molecule has 0 heterocycles. The molecule has 0 amide bonds. The predicted octanol–water partition coefficient (Wildman–Crippen LogP) is 2.75. The number of benzene rings is 1. The van der Waals surface area contributed by atoms with Crippen molar-refractivity contribution in [3.05, 3.63) is 34.3 Å². The SMILES string of the molecule is COC(=O)CCc1ccc(C)c(Cl)c1. The second-order valence-corrected chi connectivity index (χ2v) is 3.57. The smallest absolute Gasteiger partial charge is 0.305 e. The lowest BCUT2D eigenvalue weighted by atomic mass is 10.1. The first-order chi connectivity index (χ1) is 6.63. The third-order valence-electron chi connectivity index (χ3n) is 2.08. The molecule has 1 aromatic carbocycles. The molecule has 3 heteroatoms. The highest BCUT2D eigenvalue weighted by atomic mass is 35.5. The van der Waals surface area contributed by atoms with Crippen molar-refractivity contribution in [2.75, 3.05) is 7.11 Å². The van der Waals surface area contributed by atoms with Crippen molar-refractivity contribution in [3.63, 3.8) is 0 Å². The summed E-state index contributed by atoms with van der Waals surface area (Å²) >= 11 is 5.95. The molecule has 0 spiro atoms. The van der Waals surface area contributed by atoms with Crippen molar-refractivity contribution in [3.8, 4) is 0 Å². The van der Waals surface area contributed by atoms with Crippen LogP contribution in [0.1, 0.15) is 17.5 Å². The fraction of sp³-hybridized carbons (Fsp3) is 0.364. The van der Waals surface area contributed by atoms with Gasteiger partial charge in [0.1, 0.15) is 0 Å². The topological polar surface area (TPSA) is 26.3 Å². The van der Waals surface area contributed by atoms with Gasteiger partial charge in [-0.1, -0.05) is 23.7 Å². The molecule has 0 radical (unpaired) electrons. The summed E-state index contributed by atoms with van der Waals surface area (Å²) in [5.41, 5.74) is 2.11. The first-order valence-corrected chi connectivity index (χ1v) is 4.83. The van der Waals surface area contributed by atoms with E-state index in [1.807, 2.05) is 25.1 Å². The molecule has 0 bridgehead atoms. The highest BCUT2D eigenvalue weighted by Crippen LogP contribution is 2.17. The average Bonchev–Trinajstić information content (AvgIpc) is 2.19. The number of carbonyl (C=O) groups is 1. The number of esters is 1. The summed E-state index contributed by atoms with van der Waals surface area (Å²) < 4.78 is 4.55. The predicted molar refractivity (Wildman–Crippen MR) is 56.5 cm³/mol. The highest BCUT2D eigenvalue weighted by molar-refractivity contribution is 6.31. The van der Waals surface area contributed by atoms with Crippen LogP contribution in [0.25, 0.3) is 0 Å². The van der Waals surface area contributed by atoms with Crippen LogP contribution >= 0.6 is 11.6 Å². The van der Waals surface area contributed by atoms with Crippen molar-refractivity contribution in [2.45, 2.75) is 19.8 Å². The second-order valence-electron chi connectivity index (χ2n) is 3.16. The summed E-state index contributed by atoms with van der Waals surface area (Å²) in [6, 6.07) is 5.82. The number of rotatable bonds is 3. The van der Waals surface area contributed by atoms with Crippen molar-refractivity contribution < 1.29 is 9.53 Å². The van der Waals surface area contributed by atoms with Crippen LogP contribution in [0.5, 0.6) is 0 Å². The Hall–Kier alpha value is -1.02. The molecule has 0 unspecified atom stereocenters. The Labute approximate surface area is 88.8 Å². The van der Waals surface area contributed by atoms with Crippen LogP contribution in [0.4, 0.5) is 0 Å². The van der Waals surface area contributed by atoms with Crippen molar-refractivity contribution in [2.24, 2.45) is 0 Å². The third kappa shape index (κ3) is 3.04. The molecule has 76 valence electrons. The lowest BCUT2D eigenvalue weighted by Gasteiger charge is -2.03. The van der Waals surface area contributed by atoms with E-state index in [0.29, 0.717) is 12.8 Å². The Morgan fingerprint density at radius 2 is 2.21 bits per heavy atom. The Morgan fingerprint density at radius 3 is 2.79 bits per heavy atom. The number of hydrogen-bond acceptors (Lipinski definition) is 2. The number of methoxy groups -OCH3 is 1. The van der Waals surface area contributed by atoms with Gasteiger partial charge < -0.3 is 4.74 Å². The summed E-state index contributed by atoms with van der Waals surface area (Å²) in [4.78, 5) is 10.9. The van der Waals surface area contributed by atoms with Gasteiger partial charge in [0.2, 0.25) is 0 Å². The number of halogens is 1. The van der Waals surface area contributed by atoms with Gasteiger partial charge in [-0.2, -0.15) is 0 Å². The molecule has 0 N–H and O–H groups in total. The minimum Gasteiger partial charge on any atom is -0.469 e. The molecule has 0 fully saturated rings. The molecule has 14 heavy (non-hydrogen) atoms. The molecular formula is C11H13ClO2. The first kappa shape index (κ1) is 11.1. The van der Waals surface area contributed by atoms with Crippen molar-refractivity contribution in [1.82, 2.24) is 0 Å². The van der Waals surface area contributed by atoms with E-state index in [2.05, 4.69) is 4.74 Å². The number of hydrogen-bond donors (Lipinski definition) is 0. The van der Waals surface area contributed by atoms with Gasteiger partial charge in [0.15, 0.2) is 0 Å². The van der Waals surface area contributed by atoms with Crippen LogP contribution in [-0.2, 0) is 16.0 Å². The molecule has 1 aromatic rings. The van der Waals surface area contributed by atoms with Crippen LogP contribution in [0.15, 0.2) is 18.2 Å². The number of aryl methyl sites for hydroxylation is 2. The van der Waals surface area contributed by atoms with Gasteiger partial charge in [-0.05, 0) is 30.5 Å². The Balaban J connectivity index is 2.60. The van der Waals surface area contributed by atoms with E-state index in [1.54, 1.807) is 0 Å². The van der Waals surface area contributed by atoms with Gasteiger partial charge >= 0.3 is 5.97 Å². The minimum absolute atomic E-state index is 0.193. The molecule has 0 saturated heterocycles. The van der Waals surface area contributed by atoms with Crippen LogP contribution in [0, 0.1) is 6.92 Å². The molecule has 2 nitrogen and oxygen atoms in total. The minimum atomic E-state index is -0.193. The standard InChI is InChI=1S/C11H13ClO2/c1-8-3-4-9(7-10(8)12)5-6-11(13)14-2/h3-4,7H,5-6H2,1-2H3. The average molecular weight is 213 g/mol. The zero-order valence-corrected chi connectivity index (χ0v) is 9.10. The molecule has 0 aliphatic heterocycles. The van der Waals surface area contributed by atoms with E-state index in [-0.39, 0.29) is 5.97 Å². The van der Waals surface area contributed by atoms with Crippen molar-refractivity contribution in [1.29, 1.82) is 0 Å². The van der Waals surface area contributed by atoms with Crippen molar-refractivity contribution >= 4 is 17.6 Å². The normalized spacial score (nSPS) is 9.93. The van der Waals surface area contributed by atoms with Gasteiger partial charge in [-0.3, -0.25) is 4.79 Å². The monoisotopic (exact) mass is 212 g/mol. The molecule has 0 aromatic heterocycles. The zero-order valence-electron chi connectivity index (χ0n) is 8.34. The van der Waals surface area contributed by atoms with E-state index in [9.17, 15) is 4.79 Å². The van der Waals surface area contributed by atoms with E-state index in [4.69, 9.17) is 11.6 Å². The molecule has 0 atom stereocenters. The van der Waals surface area contributed by atoms with E-state index in [0.717, 1.165) is 16.1 Å². The summed E-state index contributed by atoms with van der Waals surface area (Å²) in [6.07, 6.45) is 1.07. The lowest BCUT2D eigenvalue weighted by molar-refractivity contribution is -0.140. The van der Waals surface area contributed by atoms with Crippen LogP contribution < -0.4 is 0 Å². The van der Waals surface area contributed by atoms with E-state index < -0.39 is 0 Å². The summed E-state index contributed by atoms with van der Waals surface area (Å²) in [5, 5.41) is 0.743. The molecule has 0 aliphatic carbocycles. The lowest BCUT2D eigenvalue weighted by Crippen LogP contribution is -2.01. The zero-order chi connectivity index (χ0) is 10.6. The van der Waals surface area contributed by atoms with Gasteiger partial charge in [0.05, 0.1) is 7.11 Å². The summed E-state index contributed by atoms with van der Waals surface area (Å²) in [6.45, 7) is 1.95. The molecule has 1 rings (SSSR count). The Morgan fingerprint density at radius 1 is 1.50 bits per heavy atom. The molecule has 0 saturated carbocycles. The number of carbonyl (C=O) groups excluding carboxylic acids is 1. The van der Waals surface area contributed by atoms with E-state index in [1.165, 1.54) is 7.11 Å². The number of ether oxygens (including phenoxy) is 1. The second kappa shape index (κ2) is 5.01. The van der Waals surface area contributed by atoms with Crippen LogP contribution in [-0.4, -0.2) is 13.1 Å². The molecular weight excluding hydrogens is 200 g/mol. The van der Waals surface area contributed by atoms with Gasteiger partial charge in [-0.15, -0.1) is 0 Å².